The van der Waals surface area contributed by atoms with E-state index in [0.717, 1.165) is 10.2 Å². The highest BCUT2D eigenvalue weighted by molar-refractivity contribution is 9.10. The summed E-state index contributed by atoms with van der Waals surface area (Å²) in [6.07, 6.45) is 3.12. The van der Waals surface area contributed by atoms with E-state index in [-0.39, 0.29) is 5.91 Å². The summed E-state index contributed by atoms with van der Waals surface area (Å²) in [5, 5.41) is 4.11. The zero-order valence-corrected chi connectivity index (χ0v) is 10.6. The zero-order chi connectivity index (χ0) is 12.3. The molecule has 1 aromatic carbocycles. The highest BCUT2D eigenvalue weighted by Crippen LogP contribution is 2.15. The molecule has 0 radical (unpaired) electrons. The van der Waals surface area contributed by atoms with Crippen LogP contribution in [0, 0.1) is 0 Å². The van der Waals surface area contributed by atoms with Gasteiger partial charge in [-0.15, -0.1) is 0 Å². The quantitative estimate of drug-likeness (QED) is 0.880. The van der Waals surface area contributed by atoms with Gasteiger partial charge < -0.3 is 0 Å². The average molecular weight is 296 g/mol. The van der Waals surface area contributed by atoms with Crippen LogP contribution in [0.15, 0.2) is 41.1 Å². The Hall–Kier alpha value is -1.66. The number of hydrogen-bond acceptors (Lipinski definition) is 3. The van der Waals surface area contributed by atoms with Crippen LogP contribution in [0.25, 0.3) is 5.69 Å². The molecule has 0 unspecified atom stereocenters. The van der Waals surface area contributed by atoms with Crippen LogP contribution in [-0.4, -0.2) is 22.8 Å². The van der Waals surface area contributed by atoms with Gasteiger partial charge in [0.05, 0.1) is 24.6 Å². The van der Waals surface area contributed by atoms with Crippen LogP contribution in [-0.2, 0) is 4.84 Å². The normalized spacial score (nSPS) is 10.2. The smallest absolute Gasteiger partial charge is 0.277 e. The fourth-order valence-corrected chi connectivity index (χ4v) is 1.74. The number of halogens is 1. The van der Waals surface area contributed by atoms with Gasteiger partial charge in [0.25, 0.3) is 5.91 Å². The molecule has 1 heterocycles. The Kier molecular flexibility index (Phi) is 3.55. The van der Waals surface area contributed by atoms with Gasteiger partial charge in [-0.3, -0.25) is 9.63 Å². The number of amides is 1. The molecule has 0 aliphatic rings. The van der Waals surface area contributed by atoms with Crippen molar-refractivity contribution in [1.82, 2.24) is 15.3 Å². The van der Waals surface area contributed by atoms with Crippen LogP contribution >= 0.6 is 15.9 Å². The summed E-state index contributed by atoms with van der Waals surface area (Å²) in [6.45, 7) is 0. The highest BCUT2D eigenvalue weighted by atomic mass is 79.9. The zero-order valence-electron chi connectivity index (χ0n) is 9.05. The summed E-state index contributed by atoms with van der Waals surface area (Å²) < 4.78 is 2.57. The molecular formula is C11H10BrN3O2. The second-order valence-corrected chi connectivity index (χ2v) is 4.20. The summed E-state index contributed by atoms with van der Waals surface area (Å²) in [5.74, 6) is -0.325. The summed E-state index contributed by atoms with van der Waals surface area (Å²) in [6, 6.07) is 7.63. The first-order chi connectivity index (χ1) is 8.20. The van der Waals surface area contributed by atoms with Gasteiger partial charge in [0.2, 0.25) is 0 Å². The van der Waals surface area contributed by atoms with Crippen molar-refractivity contribution in [3.8, 4) is 5.69 Å². The first-order valence-corrected chi connectivity index (χ1v) is 5.64. The molecule has 6 heteroatoms. The topological polar surface area (TPSA) is 56.1 Å². The minimum absolute atomic E-state index is 0.325. The van der Waals surface area contributed by atoms with E-state index in [1.165, 1.54) is 13.3 Å². The molecular weight excluding hydrogens is 286 g/mol. The molecule has 0 fully saturated rings. The summed E-state index contributed by atoms with van der Waals surface area (Å²) in [7, 11) is 1.39. The van der Waals surface area contributed by atoms with E-state index in [2.05, 4.69) is 31.3 Å². The van der Waals surface area contributed by atoms with Crippen LogP contribution < -0.4 is 5.48 Å². The lowest BCUT2D eigenvalue weighted by Crippen LogP contribution is -2.21. The van der Waals surface area contributed by atoms with Crippen molar-refractivity contribution in [2.45, 2.75) is 0 Å². The third kappa shape index (κ3) is 2.72. The lowest BCUT2D eigenvalue weighted by molar-refractivity contribution is 0.0537. The molecule has 0 bridgehead atoms. The minimum Gasteiger partial charge on any atom is -0.277 e. The Bertz CT molecular complexity index is 539. The fourth-order valence-electron chi connectivity index (χ4n) is 1.35. The van der Waals surface area contributed by atoms with Crippen LogP contribution in [0.4, 0.5) is 0 Å². The van der Waals surface area contributed by atoms with Crippen molar-refractivity contribution in [3.63, 3.8) is 0 Å². The van der Waals surface area contributed by atoms with Crippen LogP contribution in [0.5, 0.6) is 0 Å². The standard InChI is InChI=1S/C11H10BrN3O2/c1-17-14-11(16)8-6-13-15(7-8)10-4-2-3-9(12)5-10/h2-7H,1H3,(H,14,16). The average Bonchev–Trinajstić information content (AvgIpc) is 2.78. The first-order valence-electron chi connectivity index (χ1n) is 4.84. The molecule has 0 aliphatic carbocycles. The number of nitrogens with zero attached hydrogens (tertiary/aromatic N) is 2. The number of rotatable bonds is 3. The largest absolute Gasteiger partial charge is 0.278 e. The van der Waals surface area contributed by atoms with E-state index in [1.807, 2.05) is 24.3 Å². The van der Waals surface area contributed by atoms with Crippen molar-refractivity contribution >= 4 is 21.8 Å². The SMILES string of the molecule is CONC(=O)c1cnn(-c2cccc(Br)c2)c1. The molecule has 0 spiro atoms. The van der Waals surface area contributed by atoms with E-state index < -0.39 is 0 Å². The maximum absolute atomic E-state index is 11.5. The maximum atomic E-state index is 11.5. The summed E-state index contributed by atoms with van der Waals surface area (Å²) >= 11 is 3.38. The van der Waals surface area contributed by atoms with E-state index in [4.69, 9.17) is 0 Å². The minimum atomic E-state index is -0.325. The van der Waals surface area contributed by atoms with Crippen molar-refractivity contribution in [2.24, 2.45) is 0 Å². The van der Waals surface area contributed by atoms with Crippen LogP contribution in [0.1, 0.15) is 10.4 Å². The lowest BCUT2D eigenvalue weighted by atomic mass is 10.3. The molecule has 0 saturated heterocycles. The number of carbonyl (C=O) groups is 1. The number of carbonyl (C=O) groups excluding carboxylic acids is 1. The Morgan fingerprint density at radius 3 is 3.06 bits per heavy atom. The van der Waals surface area contributed by atoms with Crippen molar-refractivity contribution in [1.29, 1.82) is 0 Å². The summed E-state index contributed by atoms with van der Waals surface area (Å²) in [4.78, 5) is 16.0. The third-order valence-corrected chi connectivity index (χ3v) is 2.61. The molecule has 0 aliphatic heterocycles. The first kappa shape index (κ1) is 11.8. The molecule has 5 nitrogen and oxygen atoms in total. The molecule has 88 valence electrons. The number of hydroxylamine groups is 1. The van der Waals surface area contributed by atoms with Gasteiger partial charge in [-0.05, 0) is 18.2 Å². The summed E-state index contributed by atoms with van der Waals surface area (Å²) in [5.41, 5.74) is 3.54. The lowest BCUT2D eigenvalue weighted by Gasteiger charge is -2.01. The van der Waals surface area contributed by atoms with Gasteiger partial charge in [0.15, 0.2) is 0 Å². The van der Waals surface area contributed by atoms with Gasteiger partial charge in [0, 0.05) is 10.7 Å². The van der Waals surface area contributed by atoms with Crippen molar-refractivity contribution in [3.05, 3.63) is 46.7 Å². The fraction of sp³-hybridized carbons (Fsp3) is 0.0909. The number of aromatic nitrogens is 2. The second-order valence-electron chi connectivity index (χ2n) is 3.29. The van der Waals surface area contributed by atoms with Gasteiger partial charge in [0.1, 0.15) is 0 Å². The van der Waals surface area contributed by atoms with E-state index in [1.54, 1.807) is 10.9 Å². The molecule has 1 N–H and O–H groups in total. The second kappa shape index (κ2) is 5.11. The molecule has 2 aromatic rings. The predicted octanol–water partition coefficient (Wildman–Crippen LogP) is 1.93. The van der Waals surface area contributed by atoms with Crippen LogP contribution in [0.3, 0.4) is 0 Å². The Morgan fingerprint density at radius 2 is 2.35 bits per heavy atom. The Morgan fingerprint density at radius 1 is 1.53 bits per heavy atom. The number of nitrogens with one attached hydrogen (secondary N) is 1. The third-order valence-electron chi connectivity index (χ3n) is 2.11. The number of hydrogen-bond donors (Lipinski definition) is 1. The van der Waals surface area contributed by atoms with E-state index >= 15 is 0 Å². The predicted molar refractivity (Wildman–Crippen MR) is 65.7 cm³/mol. The highest BCUT2D eigenvalue weighted by Gasteiger charge is 2.08. The molecule has 0 atom stereocenters. The Labute approximate surface area is 106 Å². The van der Waals surface area contributed by atoms with Crippen molar-refractivity contribution < 1.29 is 9.63 Å². The molecule has 1 aromatic heterocycles. The molecule has 2 rings (SSSR count). The molecule has 0 saturated carbocycles. The Balaban J connectivity index is 2.27. The maximum Gasteiger partial charge on any atom is 0.278 e. The van der Waals surface area contributed by atoms with Gasteiger partial charge >= 0.3 is 0 Å². The van der Waals surface area contributed by atoms with Crippen LogP contribution in [0.2, 0.25) is 0 Å². The van der Waals surface area contributed by atoms with Gasteiger partial charge in [-0.25, -0.2) is 10.2 Å². The van der Waals surface area contributed by atoms with Gasteiger partial charge in [-0.2, -0.15) is 5.10 Å². The molecule has 1 amide bonds. The molecule has 17 heavy (non-hydrogen) atoms. The van der Waals surface area contributed by atoms with E-state index in [0.29, 0.717) is 5.56 Å². The number of benzene rings is 1. The monoisotopic (exact) mass is 295 g/mol. The van der Waals surface area contributed by atoms with Gasteiger partial charge in [-0.1, -0.05) is 22.0 Å². The van der Waals surface area contributed by atoms with E-state index in [9.17, 15) is 4.79 Å². The van der Waals surface area contributed by atoms with Crippen molar-refractivity contribution in [2.75, 3.05) is 7.11 Å².